The number of Topliss-reactive ketones (excluding diaryl/α,β-unsaturated/α-hetero) is 1. The first-order valence-corrected chi connectivity index (χ1v) is 5.40. The second-order valence-corrected chi connectivity index (χ2v) is 3.98. The minimum Gasteiger partial charge on any atom is -0.478 e. The van der Waals surface area contributed by atoms with Crippen LogP contribution in [0.15, 0.2) is 30.5 Å². The van der Waals surface area contributed by atoms with Gasteiger partial charge in [0, 0.05) is 11.8 Å². The minimum atomic E-state index is -1.00. The molecule has 1 heterocycles. The van der Waals surface area contributed by atoms with E-state index in [-0.39, 0.29) is 11.3 Å². The van der Waals surface area contributed by atoms with Crippen LogP contribution in [0.4, 0.5) is 0 Å². The van der Waals surface area contributed by atoms with Gasteiger partial charge in [0.2, 0.25) is 0 Å². The predicted molar refractivity (Wildman–Crippen MR) is 65.3 cm³/mol. The average Bonchev–Trinajstić information content (AvgIpc) is 2.71. The van der Waals surface area contributed by atoms with Crippen LogP contribution < -0.4 is 0 Å². The summed E-state index contributed by atoms with van der Waals surface area (Å²) in [5.74, 6) is -1.01. The third-order valence-electron chi connectivity index (χ3n) is 2.67. The fourth-order valence-electron chi connectivity index (χ4n) is 1.65. The van der Waals surface area contributed by atoms with E-state index in [0.717, 1.165) is 5.69 Å². The van der Waals surface area contributed by atoms with E-state index in [0.29, 0.717) is 11.3 Å². The van der Waals surface area contributed by atoms with Crippen LogP contribution in [0, 0.1) is 6.92 Å². The molecule has 2 rings (SSSR count). The fraction of sp³-hybridized carbons (Fsp3) is 0.154. The molecule has 0 spiro atoms. The molecule has 0 aliphatic carbocycles. The molecule has 0 bridgehead atoms. The smallest absolute Gasteiger partial charge is 0.339 e. The van der Waals surface area contributed by atoms with Gasteiger partial charge in [-0.2, -0.15) is 5.10 Å². The van der Waals surface area contributed by atoms with Crippen molar-refractivity contribution in [3.05, 3.63) is 47.3 Å². The van der Waals surface area contributed by atoms with Gasteiger partial charge in [-0.1, -0.05) is 0 Å². The van der Waals surface area contributed by atoms with E-state index in [1.807, 2.05) is 0 Å². The van der Waals surface area contributed by atoms with Crippen molar-refractivity contribution in [1.82, 2.24) is 9.78 Å². The number of aromatic carboxylic acids is 1. The number of ketones is 1. The molecule has 0 aliphatic rings. The number of carboxylic acid groups (broad SMARTS) is 1. The summed E-state index contributed by atoms with van der Waals surface area (Å²) in [7, 11) is 0. The topological polar surface area (TPSA) is 72.2 Å². The second kappa shape index (κ2) is 4.44. The van der Waals surface area contributed by atoms with Crippen molar-refractivity contribution in [2.75, 3.05) is 0 Å². The summed E-state index contributed by atoms with van der Waals surface area (Å²) in [6.45, 7) is 3.14. The second-order valence-electron chi connectivity index (χ2n) is 3.98. The molecule has 0 aliphatic heterocycles. The summed E-state index contributed by atoms with van der Waals surface area (Å²) in [5.41, 5.74) is 1.96. The van der Waals surface area contributed by atoms with Crippen molar-refractivity contribution in [1.29, 1.82) is 0 Å². The summed E-state index contributed by atoms with van der Waals surface area (Å²) in [6, 6.07) is 6.84. The van der Waals surface area contributed by atoms with E-state index in [4.69, 9.17) is 5.11 Å². The van der Waals surface area contributed by atoms with E-state index in [1.165, 1.54) is 17.8 Å². The van der Waals surface area contributed by atoms with E-state index in [9.17, 15) is 9.59 Å². The van der Waals surface area contributed by atoms with Gasteiger partial charge in [0.1, 0.15) is 5.56 Å². The molecule has 92 valence electrons. The average molecular weight is 244 g/mol. The van der Waals surface area contributed by atoms with Gasteiger partial charge in [0.05, 0.1) is 11.4 Å². The van der Waals surface area contributed by atoms with E-state index >= 15 is 0 Å². The van der Waals surface area contributed by atoms with Crippen LogP contribution in [0.25, 0.3) is 5.69 Å². The lowest BCUT2D eigenvalue weighted by molar-refractivity contribution is 0.0696. The van der Waals surface area contributed by atoms with Crippen LogP contribution >= 0.6 is 0 Å². The normalized spacial score (nSPS) is 10.3. The summed E-state index contributed by atoms with van der Waals surface area (Å²) in [4.78, 5) is 22.1. The standard InChI is InChI=1S/C13H12N2O3/c1-8-12(13(17)18)7-15(14-8)11-5-3-10(4-6-11)9(2)16/h3-7H,1-2H3,(H,17,18). The summed E-state index contributed by atoms with van der Waals surface area (Å²) in [6.07, 6.45) is 1.46. The van der Waals surface area contributed by atoms with Gasteiger partial charge >= 0.3 is 5.97 Å². The zero-order valence-corrected chi connectivity index (χ0v) is 10.0. The van der Waals surface area contributed by atoms with Gasteiger partial charge in [-0.25, -0.2) is 9.48 Å². The SMILES string of the molecule is CC(=O)c1ccc(-n2cc(C(=O)O)c(C)n2)cc1. The largest absolute Gasteiger partial charge is 0.478 e. The van der Waals surface area contributed by atoms with Gasteiger partial charge < -0.3 is 5.11 Å². The lowest BCUT2D eigenvalue weighted by Gasteiger charge is -2.01. The van der Waals surface area contributed by atoms with E-state index < -0.39 is 5.97 Å². The van der Waals surface area contributed by atoms with Crippen molar-refractivity contribution >= 4 is 11.8 Å². The number of carbonyl (C=O) groups is 2. The summed E-state index contributed by atoms with van der Waals surface area (Å²) < 4.78 is 1.49. The molecule has 18 heavy (non-hydrogen) atoms. The Kier molecular flexibility index (Phi) is 2.97. The molecule has 0 fully saturated rings. The van der Waals surface area contributed by atoms with Gasteiger partial charge in [0.15, 0.2) is 5.78 Å². The zero-order chi connectivity index (χ0) is 13.3. The van der Waals surface area contributed by atoms with Crippen LogP contribution in [0.5, 0.6) is 0 Å². The van der Waals surface area contributed by atoms with Crippen molar-refractivity contribution in [2.24, 2.45) is 0 Å². The molecule has 0 saturated carbocycles. The summed E-state index contributed by atoms with van der Waals surface area (Å²) >= 11 is 0. The van der Waals surface area contributed by atoms with Crippen LogP contribution in [-0.2, 0) is 0 Å². The maximum absolute atomic E-state index is 11.1. The molecule has 5 heteroatoms. The van der Waals surface area contributed by atoms with Crippen LogP contribution in [0.1, 0.15) is 33.3 Å². The number of nitrogens with zero attached hydrogens (tertiary/aromatic N) is 2. The number of hydrogen-bond acceptors (Lipinski definition) is 3. The van der Waals surface area contributed by atoms with E-state index in [1.54, 1.807) is 31.2 Å². The number of aromatic nitrogens is 2. The van der Waals surface area contributed by atoms with Gasteiger partial charge in [0.25, 0.3) is 0 Å². The molecule has 2 aromatic rings. The minimum absolute atomic E-state index is 0.00980. The molecule has 0 atom stereocenters. The molecular formula is C13H12N2O3. The van der Waals surface area contributed by atoms with Crippen LogP contribution in [-0.4, -0.2) is 26.6 Å². The predicted octanol–water partition coefficient (Wildman–Crippen LogP) is 2.08. The van der Waals surface area contributed by atoms with Crippen LogP contribution in [0.3, 0.4) is 0 Å². The van der Waals surface area contributed by atoms with Crippen LogP contribution in [0.2, 0.25) is 0 Å². The third kappa shape index (κ3) is 2.15. The first-order valence-electron chi connectivity index (χ1n) is 5.40. The third-order valence-corrected chi connectivity index (χ3v) is 2.67. The Labute approximate surface area is 104 Å². The lowest BCUT2D eigenvalue weighted by Crippen LogP contribution is -1.97. The maximum Gasteiger partial charge on any atom is 0.339 e. The first-order chi connectivity index (χ1) is 8.49. The van der Waals surface area contributed by atoms with Crippen molar-refractivity contribution in [2.45, 2.75) is 13.8 Å². The summed E-state index contributed by atoms with van der Waals surface area (Å²) in [5, 5.41) is 13.1. The number of hydrogen-bond donors (Lipinski definition) is 1. The van der Waals surface area contributed by atoms with Gasteiger partial charge in [-0.3, -0.25) is 4.79 Å². The highest BCUT2D eigenvalue weighted by molar-refractivity contribution is 5.94. The van der Waals surface area contributed by atoms with Crippen molar-refractivity contribution in [3.8, 4) is 5.69 Å². The molecule has 0 saturated heterocycles. The Morgan fingerprint density at radius 1 is 1.22 bits per heavy atom. The highest BCUT2D eigenvalue weighted by Crippen LogP contribution is 2.13. The highest BCUT2D eigenvalue weighted by Gasteiger charge is 2.12. The monoisotopic (exact) mass is 244 g/mol. The van der Waals surface area contributed by atoms with Gasteiger partial charge in [-0.05, 0) is 38.1 Å². The van der Waals surface area contributed by atoms with Gasteiger partial charge in [-0.15, -0.1) is 0 Å². The molecule has 1 aromatic heterocycles. The number of aryl methyl sites for hydroxylation is 1. The highest BCUT2D eigenvalue weighted by atomic mass is 16.4. The molecule has 0 unspecified atom stereocenters. The van der Waals surface area contributed by atoms with E-state index in [2.05, 4.69) is 5.10 Å². The Morgan fingerprint density at radius 3 is 2.28 bits per heavy atom. The van der Waals surface area contributed by atoms with Crippen molar-refractivity contribution < 1.29 is 14.7 Å². The Morgan fingerprint density at radius 2 is 1.83 bits per heavy atom. The molecule has 1 aromatic carbocycles. The number of rotatable bonds is 3. The lowest BCUT2D eigenvalue weighted by atomic mass is 10.1. The molecule has 0 radical (unpaired) electrons. The Balaban J connectivity index is 2.40. The zero-order valence-electron chi connectivity index (χ0n) is 10.0. The quantitative estimate of drug-likeness (QED) is 0.839. The fourth-order valence-corrected chi connectivity index (χ4v) is 1.65. The number of carbonyl (C=O) groups excluding carboxylic acids is 1. The number of carboxylic acids is 1. The molecular weight excluding hydrogens is 232 g/mol. The number of benzene rings is 1. The first kappa shape index (κ1) is 12.0. The molecule has 1 N–H and O–H groups in total. The van der Waals surface area contributed by atoms with Crippen molar-refractivity contribution in [3.63, 3.8) is 0 Å². The Bertz CT molecular complexity index is 612. The maximum atomic E-state index is 11.1. The molecule has 0 amide bonds. The Hall–Kier alpha value is -2.43. The molecule has 5 nitrogen and oxygen atoms in total.